The second-order valence-electron chi connectivity index (χ2n) is 19.3. The second kappa shape index (κ2) is 18.8. The third-order valence-corrected chi connectivity index (χ3v) is 15.0. The van der Waals surface area contributed by atoms with E-state index in [1.807, 2.05) is 30.3 Å². The highest BCUT2D eigenvalue weighted by Crippen LogP contribution is 2.44. The summed E-state index contributed by atoms with van der Waals surface area (Å²) in [7, 11) is -4.64. The standard InChI is InChI=1S/C49H57ClN8O8S/c1-48(2)16-12-35(40(27-48)33-4-6-36(50)7-5-33)29-55-18-20-56(21-19-55)37-8-10-39(42(25-37)57-30-49(3,60)31-66-47-44(57)24-34-13-17-51-45(34)53-47)46(59)54-67(63,64)38-9-11-41(43(26-38)58(61)62)52-28-32-14-22-65-23-15-32/h4-11,13,17,24-26,32,52,60H,12,14-16,18-23,27-31H2,1-3H3,(H,51,53)(H,54,59)/t49-/m0/s1. The minimum Gasteiger partial charge on any atom is -0.473 e. The molecule has 2 aromatic heterocycles. The number of benzene rings is 3. The van der Waals surface area contributed by atoms with Gasteiger partial charge in [0.05, 0.1) is 27.6 Å². The number of hydrogen-bond acceptors (Lipinski definition) is 13. The summed E-state index contributed by atoms with van der Waals surface area (Å²) in [6.07, 6.45) is 6.52. The number of allylic oxidation sites excluding steroid dienone is 1. The highest BCUT2D eigenvalue weighted by molar-refractivity contribution is 7.90. The Hall–Kier alpha value is -5.72. The smallest absolute Gasteiger partial charge is 0.293 e. The van der Waals surface area contributed by atoms with Crippen LogP contribution < -0.4 is 24.6 Å². The van der Waals surface area contributed by atoms with Crippen molar-refractivity contribution in [1.29, 1.82) is 0 Å². The Bertz CT molecular complexity index is 2820. The minimum absolute atomic E-state index is 0.00471. The number of sulfonamides is 1. The molecular weight excluding hydrogens is 896 g/mol. The number of nitrogens with zero attached hydrogens (tertiary/aromatic N) is 5. The third kappa shape index (κ3) is 10.4. The molecule has 2 fully saturated rings. The summed E-state index contributed by atoms with van der Waals surface area (Å²) in [6.45, 7) is 11.7. The number of pyridine rings is 1. The Morgan fingerprint density at radius 2 is 1.76 bits per heavy atom. The summed E-state index contributed by atoms with van der Waals surface area (Å²) in [6, 6.07) is 20.7. The molecule has 67 heavy (non-hydrogen) atoms. The Morgan fingerprint density at radius 1 is 1.00 bits per heavy atom. The lowest BCUT2D eigenvalue weighted by atomic mass is 9.72. The fourth-order valence-corrected chi connectivity index (χ4v) is 10.7. The van der Waals surface area contributed by atoms with E-state index in [0.717, 1.165) is 73.9 Å². The van der Waals surface area contributed by atoms with Crippen molar-refractivity contribution >= 4 is 72.6 Å². The molecule has 5 heterocycles. The molecule has 0 radical (unpaired) electrons. The summed E-state index contributed by atoms with van der Waals surface area (Å²) in [5, 5.41) is 28.5. The number of carbonyl (C=O) groups is 1. The van der Waals surface area contributed by atoms with Gasteiger partial charge in [0, 0.05) is 80.8 Å². The van der Waals surface area contributed by atoms with E-state index in [2.05, 4.69) is 50.8 Å². The van der Waals surface area contributed by atoms with Gasteiger partial charge in [0.2, 0.25) is 5.88 Å². The van der Waals surface area contributed by atoms with Crippen LogP contribution in [0.1, 0.15) is 68.8 Å². The number of H-pyrrole nitrogens is 1. The fraction of sp³-hybridized carbons (Fsp3) is 0.429. The van der Waals surface area contributed by atoms with E-state index < -0.39 is 37.0 Å². The van der Waals surface area contributed by atoms with Crippen LogP contribution in [0.3, 0.4) is 0 Å². The van der Waals surface area contributed by atoms with Gasteiger partial charge in [-0.3, -0.25) is 19.8 Å². The first-order valence-electron chi connectivity index (χ1n) is 22.9. The van der Waals surface area contributed by atoms with Crippen LogP contribution in [-0.4, -0.2) is 110 Å². The first kappa shape index (κ1) is 46.4. The number of carbonyl (C=O) groups excluding carboxylic acids is 1. The molecule has 0 saturated carbocycles. The number of β-amino-alcohol motifs (C(OH)–C–C–N with tert-alkyl or cyclic N) is 1. The van der Waals surface area contributed by atoms with Gasteiger partial charge in [-0.1, -0.05) is 43.2 Å². The van der Waals surface area contributed by atoms with Gasteiger partial charge in [-0.2, -0.15) is 4.98 Å². The first-order chi connectivity index (χ1) is 32.0. The monoisotopic (exact) mass is 952 g/mol. The van der Waals surface area contributed by atoms with Crippen LogP contribution in [0.5, 0.6) is 5.88 Å². The van der Waals surface area contributed by atoms with Gasteiger partial charge >= 0.3 is 0 Å². The van der Waals surface area contributed by atoms with E-state index in [4.69, 9.17) is 26.1 Å². The van der Waals surface area contributed by atoms with Crippen molar-refractivity contribution < 1.29 is 32.7 Å². The zero-order valence-electron chi connectivity index (χ0n) is 38.0. The maximum absolute atomic E-state index is 14.5. The maximum Gasteiger partial charge on any atom is 0.293 e. The lowest BCUT2D eigenvalue weighted by Crippen LogP contribution is -2.47. The number of hydrogen-bond donors (Lipinski definition) is 4. The molecule has 5 aromatic rings. The van der Waals surface area contributed by atoms with E-state index in [9.17, 15) is 28.4 Å². The maximum atomic E-state index is 14.5. The summed E-state index contributed by atoms with van der Waals surface area (Å²) in [5.41, 5.74) is 4.75. The van der Waals surface area contributed by atoms with E-state index in [1.165, 1.54) is 28.8 Å². The summed E-state index contributed by atoms with van der Waals surface area (Å²) >= 11 is 6.27. The number of nitro groups is 1. The number of halogens is 1. The molecule has 9 rings (SSSR count). The quantitative estimate of drug-likeness (QED) is 0.0692. The average molecular weight is 954 g/mol. The molecular formula is C49H57ClN8O8S. The van der Waals surface area contributed by atoms with Crippen LogP contribution in [-0.2, 0) is 14.8 Å². The summed E-state index contributed by atoms with van der Waals surface area (Å²) in [5.74, 6) is -0.482. The molecule has 4 N–H and O–H groups in total. The van der Waals surface area contributed by atoms with Crippen LogP contribution >= 0.6 is 11.6 Å². The van der Waals surface area contributed by atoms with Crippen LogP contribution in [0, 0.1) is 21.4 Å². The predicted molar refractivity (Wildman–Crippen MR) is 260 cm³/mol. The number of aromatic nitrogens is 2. The van der Waals surface area contributed by atoms with Gasteiger partial charge in [0.15, 0.2) is 0 Å². The number of ether oxygens (including phenoxy) is 2. The highest BCUT2D eigenvalue weighted by atomic mass is 35.5. The van der Waals surface area contributed by atoms with Crippen LogP contribution in [0.4, 0.5) is 28.4 Å². The van der Waals surface area contributed by atoms with Crippen LogP contribution in [0.2, 0.25) is 5.02 Å². The number of amides is 1. The van der Waals surface area contributed by atoms with Gasteiger partial charge in [-0.05, 0) is 116 Å². The number of piperazine rings is 1. The van der Waals surface area contributed by atoms with E-state index in [0.29, 0.717) is 49.9 Å². The second-order valence-corrected chi connectivity index (χ2v) is 21.4. The molecule has 1 amide bonds. The van der Waals surface area contributed by atoms with Crippen molar-refractivity contribution in [1.82, 2.24) is 19.6 Å². The van der Waals surface area contributed by atoms with Crippen molar-refractivity contribution in [3.63, 3.8) is 0 Å². The van der Waals surface area contributed by atoms with Crippen LogP contribution in [0.25, 0.3) is 16.6 Å². The molecule has 2 saturated heterocycles. The van der Waals surface area contributed by atoms with Crippen molar-refractivity contribution in [2.75, 3.05) is 80.8 Å². The first-order valence-corrected chi connectivity index (χ1v) is 24.7. The number of aliphatic hydroxyl groups is 1. The van der Waals surface area contributed by atoms with Gasteiger partial charge in [0.1, 0.15) is 29.2 Å². The number of fused-ring (bicyclic) bond motifs is 2. The number of aromatic amines is 1. The van der Waals surface area contributed by atoms with Gasteiger partial charge in [-0.25, -0.2) is 13.1 Å². The molecule has 0 spiro atoms. The Kier molecular flexibility index (Phi) is 13.0. The Labute approximate surface area is 395 Å². The lowest BCUT2D eigenvalue weighted by molar-refractivity contribution is -0.384. The molecule has 1 aliphatic carbocycles. The largest absolute Gasteiger partial charge is 0.473 e. The van der Waals surface area contributed by atoms with Gasteiger partial charge in [-0.15, -0.1) is 0 Å². The normalized spacial score (nSPS) is 20.6. The lowest BCUT2D eigenvalue weighted by Gasteiger charge is -2.39. The average Bonchev–Trinajstić information content (AvgIpc) is 3.72. The molecule has 4 aliphatic rings. The minimum atomic E-state index is -4.64. The number of anilines is 4. The molecule has 0 bridgehead atoms. The highest BCUT2D eigenvalue weighted by Gasteiger charge is 2.36. The molecule has 16 nitrogen and oxygen atoms in total. The van der Waals surface area contributed by atoms with Crippen molar-refractivity contribution in [2.45, 2.75) is 63.4 Å². The molecule has 1 atom stereocenters. The third-order valence-electron chi connectivity index (χ3n) is 13.5. The summed E-state index contributed by atoms with van der Waals surface area (Å²) in [4.78, 5) is 39.9. The van der Waals surface area contributed by atoms with E-state index in [1.54, 1.807) is 30.2 Å². The molecule has 3 aliphatic heterocycles. The Balaban J connectivity index is 1.01. The SMILES string of the molecule is CC1(C)CCC(CN2CCN(c3ccc(C(=O)NS(=O)(=O)c4ccc(NCC5CCOCC5)c([N+](=O)[O-])c4)c(N4C[C@](C)(O)COc5nc6[nH]ccc6cc54)c3)CC2)=C(c2ccc(Cl)cc2)C1. The molecule has 354 valence electrons. The van der Waals surface area contributed by atoms with Gasteiger partial charge < -0.3 is 34.7 Å². The number of nitro benzene ring substituents is 1. The van der Waals surface area contributed by atoms with E-state index in [-0.39, 0.29) is 41.6 Å². The molecule has 3 aromatic carbocycles. The fourth-order valence-electron chi connectivity index (χ4n) is 9.61. The van der Waals surface area contributed by atoms with E-state index >= 15 is 0 Å². The van der Waals surface area contributed by atoms with Gasteiger partial charge in [0.25, 0.3) is 21.6 Å². The molecule has 18 heteroatoms. The van der Waals surface area contributed by atoms with Crippen molar-refractivity contribution in [3.05, 3.63) is 111 Å². The van der Waals surface area contributed by atoms with Crippen molar-refractivity contribution in [2.24, 2.45) is 11.3 Å². The number of rotatable bonds is 12. The number of nitrogens with one attached hydrogen (secondary N) is 3. The Morgan fingerprint density at radius 3 is 2.51 bits per heavy atom. The van der Waals surface area contributed by atoms with Crippen molar-refractivity contribution in [3.8, 4) is 5.88 Å². The predicted octanol–water partition coefficient (Wildman–Crippen LogP) is 8.15. The zero-order chi connectivity index (χ0) is 47.1. The summed E-state index contributed by atoms with van der Waals surface area (Å²) < 4.78 is 41.7. The topological polar surface area (TPSA) is 195 Å². The zero-order valence-corrected chi connectivity index (χ0v) is 39.6. The van der Waals surface area contributed by atoms with Crippen LogP contribution in [0.15, 0.2) is 89.5 Å². The molecule has 0 unspecified atom stereocenters.